The van der Waals surface area contributed by atoms with Gasteiger partial charge in [0.25, 0.3) is 0 Å². The molecule has 1 unspecified atom stereocenters. The van der Waals surface area contributed by atoms with E-state index >= 15 is 0 Å². The molecule has 2 aliphatic rings. The van der Waals surface area contributed by atoms with E-state index in [0.29, 0.717) is 32.8 Å². The highest BCUT2D eigenvalue weighted by molar-refractivity contribution is 5.85. The van der Waals surface area contributed by atoms with Gasteiger partial charge in [-0.3, -0.25) is 9.48 Å². The molecule has 3 rings (SSSR count). The second kappa shape index (κ2) is 9.35. The summed E-state index contributed by atoms with van der Waals surface area (Å²) in [6.45, 7) is 4.09. The van der Waals surface area contributed by atoms with Crippen LogP contribution in [0, 0.1) is 5.92 Å². The maximum Gasteiger partial charge on any atom is 0.236 e. The van der Waals surface area contributed by atoms with Gasteiger partial charge in [-0.05, 0) is 31.4 Å². The highest BCUT2D eigenvalue weighted by Gasteiger charge is 2.25. The van der Waals surface area contributed by atoms with E-state index in [1.54, 1.807) is 6.20 Å². The Labute approximate surface area is 143 Å². The number of hydrogen-bond acceptors (Lipinski definition) is 4. The number of carbonyl (C=O) groups is 1. The minimum atomic E-state index is 0. The Hall–Kier alpha value is -0.820. The lowest BCUT2D eigenvalue weighted by Gasteiger charge is -2.33. The Morgan fingerprint density at radius 1 is 1.36 bits per heavy atom. The quantitative estimate of drug-likeness (QED) is 0.829. The molecule has 0 spiro atoms. The molecule has 22 heavy (non-hydrogen) atoms. The summed E-state index contributed by atoms with van der Waals surface area (Å²) in [6, 6.07) is 1.90. The average molecular weight is 351 g/mol. The topological polar surface area (TPSA) is 59.4 Å². The summed E-state index contributed by atoms with van der Waals surface area (Å²) in [5.74, 6) is 0.986. The Morgan fingerprint density at radius 2 is 2.18 bits per heavy atom. The summed E-state index contributed by atoms with van der Waals surface area (Å²) in [5.41, 5.74) is 0. The normalized spacial score (nSPS) is 20.9. The standard InChI is InChI=1S/C14H22N4O2.2ClH/c19-14(9-15-8-12-2-3-12)17-6-7-20-13(10-17)11-18-5-1-4-16-18;;/h1,4-5,12-13,15H,2-3,6-11H2;2*1H. The van der Waals surface area contributed by atoms with Crippen LogP contribution in [0.3, 0.4) is 0 Å². The van der Waals surface area contributed by atoms with Crippen LogP contribution in [-0.2, 0) is 16.1 Å². The number of amides is 1. The monoisotopic (exact) mass is 350 g/mol. The fourth-order valence-corrected chi connectivity index (χ4v) is 2.49. The van der Waals surface area contributed by atoms with Crippen LogP contribution in [-0.4, -0.2) is 59.5 Å². The first-order chi connectivity index (χ1) is 9.81. The zero-order valence-electron chi connectivity index (χ0n) is 12.5. The Morgan fingerprint density at radius 3 is 2.86 bits per heavy atom. The summed E-state index contributed by atoms with van der Waals surface area (Å²) in [6.07, 6.45) is 6.33. The Balaban J connectivity index is 0.00000121. The zero-order valence-corrected chi connectivity index (χ0v) is 14.2. The number of nitrogens with one attached hydrogen (secondary N) is 1. The lowest BCUT2D eigenvalue weighted by molar-refractivity contribution is -0.138. The molecule has 126 valence electrons. The van der Waals surface area contributed by atoms with Gasteiger partial charge in [0.05, 0.1) is 25.8 Å². The van der Waals surface area contributed by atoms with Crippen molar-refractivity contribution < 1.29 is 9.53 Å². The SMILES string of the molecule is Cl.Cl.O=C(CNCC1CC1)N1CCOC(Cn2cccn2)C1. The lowest BCUT2D eigenvalue weighted by atomic mass is 10.2. The van der Waals surface area contributed by atoms with Crippen molar-refractivity contribution >= 4 is 30.7 Å². The molecule has 1 saturated heterocycles. The molecule has 1 aromatic heterocycles. The third kappa shape index (κ3) is 5.76. The van der Waals surface area contributed by atoms with Gasteiger partial charge in [0.1, 0.15) is 0 Å². The Kier molecular flexibility index (Phi) is 8.17. The number of rotatable bonds is 6. The molecule has 1 aliphatic carbocycles. The van der Waals surface area contributed by atoms with E-state index in [0.717, 1.165) is 12.5 Å². The van der Waals surface area contributed by atoms with Crippen LogP contribution >= 0.6 is 24.8 Å². The van der Waals surface area contributed by atoms with Crippen molar-refractivity contribution in [2.75, 3.05) is 32.8 Å². The van der Waals surface area contributed by atoms with Gasteiger partial charge in [0.2, 0.25) is 5.91 Å². The third-order valence-corrected chi connectivity index (χ3v) is 3.85. The first-order valence-corrected chi connectivity index (χ1v) is 7.39. The minimum Gasteiger partial charge on any atom is -0.373 e. The molecule has 8 heteroatoms. The molecule has 1 saturated carbocycles. The van der Waals surface area contributed by atoms with Crippen molar-refractivity contribution in [3.63, 3.8) is 0 Å². The van der Waals surface area contributed by atoms with Crippen molar-refractivity contribution in [2.45, 2.75) is 25.5 Å². The van der Waals surface area contributed by atoms with E-state index in [9.17, 15) is 4.79 Å². The van der Waals surface area contributed by atoms with Gasteiger partial charge in [-0.25, -0.2) is 0 Å². The van der Waals surface area contributed by atoms with Crippen molar-refractivity contribution in [1.29, 1.82) is 0 Å². The Bertz CT molecular complexity index is 440. The number of hydrogen-bond donors (Lipinski definition) is 1. The number of ether oxygens (including phenoxy) is 1. The molecule has 0 radical (unpaired) electrons. The van der Waals surface area contributed by atoms with Gasteiger partial charge in [-0.1, -0.05) is 0 Å². The second-order valence-corrected chi connectivity index (χ2v) is 5.63. The van der Waals surface area contributed by atoms with Gasteiger partial charge in [-0.2, -0.15) is 5.10 Å². The van der Waals surface area contributed by atoms with E-state index in [1.807, 2.05) is 21.8 Å². The zero-order chi connectivity index (χ0) is 13.8. The van der Waals surface area contributed by atoms with E-state index in [4.69, 9.17) is 4.74 Å². The highest BCUT2D eigenvalue weighted by atomic mass is 35.5. The van der Waals surface area contributed by atoms with Crippen LogP contribution in [0.15, 0.2) is 18.5 Å². The predicted octanol–water partition coefficient (Wildman–Crippen LogP) is 0.954. The molecule has 2 heterocycles. The molecular formula is C14H24Cl2N4O2. The van der Waals surface area contributed by atoms with E-state index in [1.165, 1.54) is 12.8 Å². The molecule has 1 N–H and O–H groups in total. The summed E-state index contributed by atoms with van der Waals surface area (Å²) in [5, 5.41) is 7.43. The number of aromatic nitrogens is 2. The van der Waals surface area contributed by atoms with Crippen LogP contribution in [0.25, 0.3) is 0 Å². The van der Waals surface area contributed by atoms with Crippen LogP contribution in [0.1, 0.15) is 12.8 Å². The van der Waals surface area contributed by atoms with Gasteiger partial charge in [0, 0.05) is 25.5 Å². The van der Waals surface area contributed by atoms with Gasteiger partial charge >= 0.3 is 0 Å². The molecular weight excluding hydrogens is 327 g/mol. The van der Waals surface area contributed by atoms with Gasteiger partial charge in [0.15, 0.2) is 0 Å². The summed E-state index contributed by atoms with van der Waals surface area (Å²) < 4.78 is 7.56. The smallest absolute Gasteiger partial charge is 0.236 e. The first kappa shape index (κ1) is 19.2. The van der Waals surface area contributed by atoms with Crippen LogP contribution in [0.5, 0.6) is 0 Å². The summed E-state index contributed by atoms with van der Waals surface area (Å²) >= 11 is 0. The van der Waals surface area contributed by atoms with E-state index in [2.05, 4.69) is 10.4 Å². The maximum atomic E-state index is 12.1. The molecule has 1 aliphatic heterocycles. The van der Waals surface area contributed by atoms with Crippen molar-refractivity contribution in [1.82, 2.24) is 20.0 Å². The average Bonchev–Trinajstić information content (AvgIpc) is 3.14. The molecule has 1 amide bonds. The lowest BCUT2D eigenvalue weighted by Crippen LogP contribution is -2.49. The van der Waals surface area contributed by atoms with Crippen molar-refractivity contribution in [3.8, 4) is 0 Å². The number of halogens is 2. The fourth-order valence-electron chi connectivity index (χ4n) is 2.49. The minimum absolute atomic E-state index is 0. The van der Waals surface area contributed by atoms with E-state index in [-0.39, 0.29) is 36.8 Å². The molecule has 1 aromatic rings. The fraction of sp³-hybridized carbons (Fsp3) is 0.714. The molecule has 2 fully saturated rings. The summed E-state index contributed by atoms with van der Waals surface area (Å²) in [7, 11) is 0. The third-order valence-electron chi connectivity index (χ3n) is 3.85. The number of carbonyl (C=O) groups excluding carboxylic acids is 1. The van der Waals surface area contributed by atoms with Crippen LogP contribution in [0.2, 0.25) is 0 Å². The largest absolute Gasteiger partial charge is 0.373 e. The molecule has 0 aromatic carbocycles. The molecule has 0 bridgehead atoms. The number of morpholine rings is 1. The second-order valence-electron chi connectivity index (χ2n) is 5.63. The predicted molar refractivity (Wildman–Crippen MR) is 88.6 cm³/mol. The van der Waals surface area contributed by atoms with Crippen LogP contribution in [0.4, 0.5) is 0 Å². The number of nitrogens with zero attached hydrogens (tertiary/aromatic N) is 3. The van der Waals surface area contributed by atoms with Gasteiger partial charge < -0.3 is 15.0 Å². The first-order valence-electron chi connectivity index (χ1n) is 7.39. The highest BCUT2D eigenvalue weighted by Crippen LogP contribution is 2.27. The van der Waals surface area contributed by atoms with Crippen molar-refractivity contribution in [2.24, 2.45) is 5.92 Å². The summed E-state index contributed by atoms with van der Waals surface area (Å²) in [4.78, 5) is 14.0. The van der Waals surface area contributed by atoms with Gasteiger partial charge in [-0.15, -0.1) is 24.8 Å². The van der Waals surface area contributed by atoms with Crippen molar-refractivity contribution in [3.05, 3.63) is 18.5 Å². The van der Waals surface area contributed by atoms with Crippen LogP contribution < -0.4 is 5.32 Å². The van der Waals surface area contributed by atoms with E-state index < -0.39 is 0 Å². The maximum absolute atomic E-state index is 12.1. The molecule has 6 nitrogen and oxygen atoms in total. The molecule has 1 atom stereocenters.